The van der Waals surface area contributed by atoms with Crippen molar-refractivity contribution in [2.24, 2.45) is 0 Å². The van der Waals surface area contributed by atoms with Crippen LogP contribution in [0.1, 0.15) is 25.7 Å². The number of anilines is 2. The molecule has 0 radical (unpaired) electrons. The average molecular weight is 276 g/mol. The molecule has 0 saturated carbocycles. The van der Waals surface area contributed by atoms with E-state index >= 15 is 0 Å². The molecule has 2 saturated heterocycles. The molecule has 0 spiro atoms. The van der Waals surface area contributed by atoms with Gasteiger partial charge in [0.15, 0.2) is 5.82 Å². The van der Waals surface area contributed by atoms with E-state index < -0.39 is 0 Å². The Bertz CT molecular complexity index is 459. The van der Waals surface area contributed by atoms with Crippen molar-refractivity contribution in [1.82, 2.24) is 9.88 Å². The molecule has 0 bridgehead atoms. The summed E-state index contributed by atoms with van der Waals surface area (Å²) in [4.78, 5) is 9.45. The number of nitrogens with two attached hydrogens (primary N) is 1. The number of likely N-dealkylation sites (tertiary alicyclic amines) is 1. The Balaban J connectivity index is 1.70. The van der Waals surface area contributed by atoms with Crippen LogP contribution in [-0.2, 0) is 0 Å². The highest BCUT2D eigenvalue weighted by Crippen LogP contribution is 2.29. The van der Waals surface area contributed by atoms with Crippen molar-refractivity contribution in [3.63, 3.8) is 0 Å². The van der Waals surface area contributed by atoms with Crippen LogP contribution in [0.25, 0.3) is 0 Å². The Morgan fingerprint density at radius 2 is 2.00 bits per heavy atom. The van der Waals surface area contributed by atoms with Crippen LogP contribution in [0.3, 0.4) is 0 Å². The smallest absolute Gasteiger partial charge is 0.215 e. The van der Waals surface area contributed by atoms with Gasteiger partial charge in [-0.15, -0.1) is 0 Å². The van der Waals surface area contributed by atoms with Crippen LogP contribution in [0.15, 0.2) is 12.1 Å². The number of nitrogen functional groups attached to an aromatic ring is 1. The first-order valence-corrected chi connectivity index (χ1v) is 7.57. The number of nitrogens with zero attached hydrogens (tertiary/aromatic N) is 3. The molecular weight excluding hydrogens is 252 g/mol. The lowest BCUT2D eigenvalue weighted by Gasteiger charge is -2.32. The molecule has 1 aromatic heterocycles. The lowest BCUT2D eigenvalue weighted by molar-refractivity contribution is 0.175. The third-order valence-electron chi connectivity index (χ3n) is 4.46. The summed E-state index contributed by atoms with van der Waals surface area (Å²) in [6.07, 6.45) is 5.28. The first kappa shape index (κ1) is 13.5. The first-order chi connectivity index (χ1) is 9.78. The van der Waals surface area contributed by atoms with Crippen LogP contribution in [0, 0.1) is 0 Å². The predicted octanol–water partition coefficient (Wildman–Crippen LogP) is 1.74. The summed E-state index contributed by atoms with van der Waals surface area (Å²) in [7, 11) is 1.64. The second kappa shape index (κ2) is 5.87. The number of ether oxygens (including phenoxy) is 1. The minimum atomic E-state index is 0.635. The predicted molar refractivity (Wildman–Crippen MR) is 81.2 cm³/mol. The third kappa shape index (κ3) is 2.68. The Morgan fingerprint density at radius 3 is 2.75 bits per heavy atom. The molecule has 0 amide bonds. The highest BCUT2D eigenvalue weighted by Gasteiger charge is 2.30. The average Bonchev–Trinajstić information content (AvgIpc) is 2.98. The Labute approximate surface area is 120 Å². The molecular formula is C15H24N4O. The van der Waals surface area contributed by atoms with Gasteiger partial charge in [0.05, 0.1) is 12.8 Å². The molecule has 1 aromatic rings. The maximum Gasteiger partial charge on any atom is 0.215 e. The molecule has 5 heteroatoms. The molecule has 110 valence electrons. The van der Waals surface area contributed by atoms with E-state index in [2.05, 4.69) is 14.8 Å². The zero-order valence-electron chi connectivity index (χ0n) is 12.2. The van der Waals surface area contributed by atoms with Gasteiger partial charge in [-0.05, 0) is 38.4 Å². The maximum absolute atomic E-state index is 6.07. The fourth-order valence-corrected chi connectivity index (χ4v) is 3.32. The van der Waals surface area contributed by atoms with E-state index in [9.17, 15) is 0 Å². The number of piperidine rings is 1. The van der Waals surface area contributed by atoms with Gasteiger partial charge in [-0.3, -0.25) is 4.90 Å². The van der Waals surface area contributed by atoms with Gasteiger partial charge in [-0.1, -0.05) is 6.42 Å². The lowest BCUT2D eigenvalue weighted by Crippen LogP contribution is -2.41. The highest BCUT2D eigenvalue weighted by molar-refractivity contribution is 5.64. The van der Waals surface area contributed by atoms with Gasteiger partial charge in [-0.25, -0.2) is 0 Å². The molecule has 5 nitrogen and oxygen atoms in total. The summed E-state index contributed by atoms with van der Waals surface area (Å²) in [6, 6.07) is 4.36. The van der Waals surface area contributed by atoms with Gasteiger partial charge in [0.25, 0.3) is 0 Å². The van der Waals surface area contributed by atoms with E-state index in [1.54, 1.807) is 7.11 Å². The van der Waals surface area contributed by atoms with E-state index in [1.165, 1.54) is 38.8 Å². The van der Waals surface area contributed by atoms with Gasteiger partial charge in [0.2, 0.25) is 5.88 Å². The van der Waals surface area contributed by atoms with Crippen LogP contribution in [0.5, 0.6) is 5.88 Å². The fraction of sp³-hybridized carbons (Fsp3) is 0.667. The standard InChI is InChI=1S/C15H24N4O/c1-20-14-6-5-13(16)15(17-14)19-10-7-12(11-19)18-8-3-2-4-9-18/h5-6,12H,2-4,7-11,16H2,1H3. The molecule has 1 atom stereocenters. The number of hydrogen-bond donors (Lipinski definition) is 1. The fourth-order valence-electron chi connectivity index (χ4n) is 3.32. The van der Waals surface area contributed by atoms with Gasteiger partial charge in [0, 0.05) is 25.2 Å². The molecule has 2 aliphatic rings. The van der Waals surface area contributed by atoms with Crippen LogP contribution >= 0.6 is 0 Å². The van der Waals surface area contributed by atoms with Gasteiger partial charge in [-0.2, -0.15) is 4.98 Å². The summed E-state index contributed by atoms with van der Waals surface area (Å²) in [5.74, 6) is 1.51. The summed E-state index contributed by atoms with van der Waals surface area (Å²) in [5.41, 5.74) is 6.82. The van der Waals surface area contributed by atoms with Crippen molar-refractivity contribution in [2.75, 3.05) is 43.9 Å². The van der Waals surface area contributed by atoms with E-state index in [1.807, 2.05) is 12.1 Å². The Kier molecular flexibility index (Phi) is 3.96. The number of rotatable bonds is 3. The number of methoxy groups -OCH3 is 1. The lowest BCUT2D eigenvalue weighted by atomic mass is 10.1. The summed E-state index contributed by atoms with van der Waals surface area (Å²) < 4.78 is 5.21. The van der Waals surface area contributed by atoms with Crippen LogP contribution < -0.4 is 15.4 Å². The third-order valence-corrected chi connectivity index (χ3v) is 4.46. The first-order valence-electron chi connectivity index (χ1n) is 7.57. The largest absolute Gasteiger partial charge is 0.481 e. The maximum atomic E-state index is 6.07. The molecule has 20 heavy (non-hydrogen) atoms. The molecule has 0 aromatic carbocycles. The van der Waals surface area contributed by atoms with Crippen molar-refractivity contribution >= 4 is 11.5 Å². The zero-order chi connectivity index (χ0) is 13.9. The monoisotopic (exact) mass is 276 g/mol. The SMILES string of the molecule is COc1ccc(N)c(N2CCC(N3CCCCC3)C2)n1. The summed E-state index contributed by atoms with van der Waals surface area (Å²) in [6.45, 7) is 4.56. The van der Waals surface area contributed by atoms with Crippen molar-refractivity contribution in [3.05, 3.63) is 12.1 Å². The number of pyridine rings is 1. The normalized spacial score (nSPS) is 24.1. The topological polar surface area (TPSA) is 54.6 Å². The van der Waals surface area contributed by atoms with Crippen molar-refractivity contribution in [3.8, 4) is 5.88 Å². The van der Waals surface area contributed by atoms with Crippen LogP contribution in [0.4, 0.5) is 11.5 Å². The molecule has 3 rings (SSSR count). The molecule has 3 heterocycles. The van der Waals surface area contributed by atoms with Crippen molar-refractivity contribution < 1.29 is 4.74 Å². The van der Waals surface area contributed by atoms with Gasteiger partial charge in [0.1, 0.15) is 0 Å². The minimum Gasteiger partial charge on any atom is -0.481 e. The summed E-state index contributed by atoms with van der Waals surface area (Å²) >= 11 is 0. The second-order valence-electron chi connectivity index (χ2n) is 5.75. The highest BCUT2D eigenvalue weighted by atomic mass is 16.5. The Hall–Kier alpha value is -1.49. The molecule has 2 fully saturated rings. The van der Waals surface area contributed by atoms with Crippen molar-refractivity contribution in [2.45, 2.75) is 31.7 Å². The Morgan fingerprint density at radius 1 is 1.20 bits per heavy atom. The summed E-state index contributed by atoms with van der Waals surface area (Å²) in [5, 5.41) is 0. The number of hydrogen-bond acceptors (Lipinski definition) is 5. The minimum absolute atomic E-state index is 0.635. The molecule has 0 aliphatic carbocycles. The van der Waals surface area contributed by atoms with E-state index in [4.69, 9.17) is 10.5 Å². The van der Waals surface area contributed by atoms with Gasteiger partial charge < -0.3 is 15.4 Å². The quantitative estimate of drug-likeness (QED) is 0.911. The van der Waals surface area contributed by atoms with Gasteiger partial charge >= 0.3 is 0 Å². The molecule has 2 aliphatic heterocycles. The van der Waals surface area contributed by atoms with Crippen LogP contribution in [-0.4, -0.2) is 49.2 Å². The zero-order valence-corrected chi connectivity index (χ0v) is 12.2. The van der Waals surface area contributed by atoms with E-state index in [-0.39, 0.29) is 0 Å². The molecule has 1 unspecified atom stereocenters. The molecule has 2 N–H and O–H groups in total. The van der Waals surface area contributed by atoms with E-state index in [0.717, 1.165) is 24.6 Å². The second-order valence-corrected chi connectivity index (χ2v) is 5.75. The van der Waals surface area contributed by atoms with Crippen molar-refractivity contribution in [1.29, 1.82) is 0 Å². The van der Waals surface area contributed by atoms with Crippen LogP contribution in [0.2, 0.25) is 0 Å². The van der Waals surface area contributed by atoms with E-state index in [0.29, 0.717) is 11.9 Å². The number of aromatic nitrogens is 1.